The summed E-state index contributed by atoms with van der Waals surface area (Å²) >= 11 is 0. The summed E-state index contributed by atoms with van der Waals surface area (Å²) in [7, 11) is 0. The number of aliphatic hydroxyl groups excluding tert-OH is 1. The maximum atomic E-state index is 14.4. The second-order valence-corrected chi connectivity index (χ2v) is 14.8. The SMILES string of the molecule is Cc1c(-c2nc3cc(CN4CCC[C@H]4C(=O)O)c(OC(F)F)cc3o2)cccc1-c1cccc(-c2nc3cc(CN4CC[C@@H](CO)C4)cc(C(F)(F)F)c3o2)c1C. The van der Waals surface area contributed by atoms with E-state index in [1.54, 1.807) is 29.2 Å². The average Bonchev–Trinajstić information content (AvgIpc) is 3.98. The van der Waals surface area contributed by atoms with Gasteiger partial charge in [-0.25, -0.2) is 9.97 Å². The zero-order valence-electron chi connectivity index (χ0n) is 31.1. The van der Waals surface area contributed by atoms with Gasteiger partial charge in [-0.15, -0.1) is 0 Å². The normalized spacial score (nSPS) is 18.1. The first kappa shape index (κ1) is 38.5. The number of halogens is 5. The molecular weight excluding hydrogens is 751 g/mol. The number of nitrogens with zero attached hydrogens (tertiary/aromatic N) is 4. The molecule has 2 fully saturated rings. The lowest BCUT2D eigenvalue weighted by Gasteiger charge is -2.22. The summed E-state index contributed by atoms with van der Waals surface area (Å²) in [6, 6.07) is 15.9. The summed E-state index contributed by atoms with van der Waals surface area (Å²) in [4.78, 5) is 24.8. The van der Waals surface area contributed by atoms with Gasteiger partial charge in [0.05, 0.1) is 0 Å². The monoisotopic (exact) mass is 790 g/mol. The van der Waals surface area contributed by atoms with Crippen LogP contribution in [-0.2, 0) is 24.1 Å². The van der Waals surface area contributed by atoms with Gasteiger partial charge in [-0.3, -0.25) is 14.6 Å². The van der Waals surface area contributed by atoms with Gasteiger partial charge in [0.2, 0.25) is 11.8 Å². The molecule has 2 saturated heterocycles. The van der Waals surface area contributed by atoms with E-state index in [1.165, 1.54) is 6.07 Å². The van der Waals surface area contributed by atoms with Crippen LogP contribution in [0.15, 0.2) is 69.5 Å². The molecule has 2 N–H and O–H groups in total. The van der Waals surface area contributed by atoms with Crippen LogP contribution in [0.25, 0.3) is 56.2 Å². The van der Waals surface area contributed by atoms with Gasteiger partial charge >= 0.3 is 18.8 Å². The Balaban J connectivity index is 1.13. The van der Waals surface area contributed by atoms with E-state index in [1.807, 2.05) is 43.0 Å². The molecule has 0 radical (unpaired) electrons. The van der Waals surface area contributed by atoms with Gasteiger partial charge in [-0.2, -0.15) is 22.0 Å². The first-order valence-corrected chi connectivity index (χ1v) is 18.7. The fraction of sp³-hybridized carbons (Fsp3) is 0.357. The van der Waals surface area contributed by atoms with E-state index in [4.69, 9.17) is 18.6 Å². The highest BCUT2D eigenvalue weighted by molar-refractivity contribution is 5.86. The Bertz CT molecular complexity index is 2480. The first-order chi connectivity index (χ1) is 27.3. The van der Waals surface area contributed by atoms with Crippen LogP contribution in [0, 0.1) is 19.8 Å². The minimum absolute atomic E-state index is 0.0378. The Kier molecular flexibility index (Phi) is 10.2. The smallest absolute Gasteiger partial charge is 0.420 e. The highest BCUT2D eigenvalue weighted by Gasteiger charge is 2.36. The number of aliphatic carboxylic acids is 1. The zero-order chi connectivity index (χ0) is 40.2. The van der Waals surface area contributed by atoms with Crippen molar-refractivity contribution in [3.63, 3.8) is 0 Å². The Morgan fingerprint density at radius 2 is 1.56 bits per heavy atom. The quantitative estimate of drug-likeness (QED) is 0.123. The molecule has 0 unspecified atom stereocenters. The molecule has 10 nitrogen and oxygen atoms in total. The van der Waals surface area contributed by atoms with E-state index in [9.17, 15) is 37.0 Å². The van der Waals surface area contributed by atoms with Gasteiger partial charge in [-0.05, 0) is 110 Å². The van der Waals surface area contributed by atoms with Crippen molar-refractivity contribution in [2.45, 2.75) is 65.0 Å². The first-order valence-electron chi connectivity index (χ1n) is 18.7. The molecule has 2 atom stereocenters. The Morgan fingerprint density at radius 1 is 0.895 bits per heavy atom. The maximum Gasteiger partial charge on any atom is 0.420 e. The largest absolute Gasteiger partial charge is 0.480 e. The lowest BCUT2D eigenvalue weighted by Crippen LogP contribution is -2.35. The van der Waals surface area contributed by atoms with Gasteiger partial charge < -0.3 is 23.8 Å². The molecule has 15 heteroatoms. The third kappa shape index (κ3) is 7.58. The second kappa shape index (κ2) is 15.2. The zero-order valence-corrected chi connectivity index (χ0v) is 31.1. The number of likely N-dealkylation sites (tertiary alicyclic amines) is 2. The number of carboxylic acids is 1. The molecule has 4 aromatic carbocycles. The van der Waals surface area contributed by atoms with E-state index in [2.05, 4.69) is 4.98 Å². The average molecular weight is 791 g/mol. The summed E-state index contributed by atoms with van der Waals surface area (Å²) in [6.45, 7) is 2.78. The fourth-order valence-corrected chi connectivity index (χ4v) is 8.25. The lowest BCUT2D eigenvalue weighted by molar-refractivity contribution is -0.142. The van der Waals surface area contributed by atoms with Crippen LogP contribution in [0.1, 0.15) is 47.1 Å². The number of hydrogen-bond acceptors (Lipinski definition) is 9. The molecule has 0 bridgehead atoms. The van der Waals surface area contributed by atoms with Crippen LogP contribution in [0.4, 0.5) is 22.0 Å². The molecule has 2 aliphatic heterocycles. The van der Waals surface area contributed by atoms with Crippen molar-refractivity contribution < 1.29 is 50.5 Å². The number of carboxylic acid groups (broad SMARTS) is 1. The lowest BCUT2D eigenvalue weighted by atomic mass is 9.91. The second-order valence-electron chi connectivity index (χ2n) is 14.8. The number of alkyl halides is 5. The summed E-state index contributed by atoms with van der Waals surface area (Å²) in [5.74, 6) is -0.743. The van der Waals surface area contributed by atoms with E-state index in [0.29, 0.717) is 72.4 Å². The summed E-state index contributed by atoms with van der Waals surface area (Å²) < 4.78 is 87.1. The van der Waals surface area contributed by atoms with Gasteiger partial charge in [0.1, 0.15) is 28.4 Å². The Morgan fingerprint density at radius 3 is 2.19 bits per heavy atom. The third-order valence-electron chi connectivity index (χ3n) is 11.1. The minimum Gasteiger partial charge on any atom is -0.480 e. The number of benzene rings is 4. The number of aromatic nitrogens is 2. The molecule has 2 aliphatic rings. The molecular formula is C42H39F5N4O6. The van der Waals surface area contributed by atoms with E-state index in [-0.39, 0.29) is 53.3 Å². The van der Waals surface area contributed by atoms with Crippen molar-refractivity contribution in [3.8, 4) is 39.8 Å². The maximum absolute atomic E-state index is 14.4. The van der Waals surface area contributed by atoms with Gasteiger partial charge in [0.15, 0.2) is 11.2 Å². The highest BCUT2D eigenvalue weighted by atomic mass is 19.4. The number of oxazole rings is 2. The van der Waals surface area contributed by atoms with Crippen molar-refractivity contribution in [1.82, 2.24) is 19.8 Å². The predicted molar refractivity (Wildman–Crippen MR) is 201 cm³/mol. The van der Waals surface area contributed by atoms with Crippen LogP contribution in [0.2, 0.25) is 0 Å². The molecule has 0 spiro atoms. The standard InChI is InChI=1S/C42H39F5N4O6/c1-22-27(6-3-8-29(22)38-48-32-16-26(20-51-12-5-10-34(51)40(53)54)35(56-41(43)44)17-36(32)55-38)28-7-4-9-30(23(28)2)39-49-33-15-25(19-50-13-11-24(18-50)21-52)14-31(37(33)57-39)42(45,46)47/h3-4,6-9,14-17,24,34,41,52H,5,10-13,18-21H2,1-2H3,(H,53,54)/t24-,34+/m1/s1. The highest BCUT2D eigenvalue weighted by Crippen LogP contribution is 2.42. The minimum atomic E-state index is -4.68. The van der Waals surface area contributed by atoms with Crippen molar-refractivity contribution in [2.75, 3.05) is 26.2 Å². The molecule has 8 rings (SSSR count). The van der Waals surface area contributed by atoms with Crippen LogP contribution < -0.4 is 4.74 Å². The van der Waals surface area contributed by atoms with E-state index < -0.39 is 30.4 Å². The van der Waals surface area contributed by atoms with Gasteiger partial charge in [0.25, 0.3) is 0 Å². The molecule has 57 heavy (non-hydrogen) atoms. The summed E-state index contributed by atoms with van der Waals surface area (Å²) in [6.07, 6.45) is -2.78. The topological polar surface area (TPSA) is 125 Å². The Labute approximate surface area is 323 Å². The van der Waals surface area contributed by atoms with Crippen molar-refractivity contribution >= 4 is 28.2 Å². The Hall–Kier alpha value is -5.38. The van der Waals surface area contributed by atoms with E-state index in [0.717, 1.165) is 29.2 Å². The van der Waals surface area contributed by atoms with Gasteiger partial charge in [0, 0.05) is 49.0 Å². The van der Waals surface area contributed by atoms with Crippen LogP contribution in [0.5, 0.6) is 5.75 Å². The molecule has 6 aromatic rings. The number of ether oxygens (including phenoxy) is 1. The molecule has 0 saturated carbocycles. The molecule has 2 aromatic heterocycles. The summed E-state index contributed by atoms with van der Waals surface area (Å²) in [5.41, 5.74) is 4.40. The molecule has 4 heterocycles. The fourth-order valence-electron chi connectivity index (χ4n) is 8.25. The van der Waals surface area contributed by atoms with Crippen molar-refractivity contribution in [3.05, 3.63) is 88.5 Å². The van der Waals surface area contributed by atoms with Crippen LogP contribution in [-0.4, -0.2) is 74.8 Å². The number of hydrogen-bond donors (Lipinski definition) is 2. The van der Waals surface area contributed by atoms with Crippen LogP contribution in [0.3, 0.4) is 0 Å². The summed E-state index contributed by atoms with van der Waals surface area (Å²) in [5, 5.41) is 19.2. The number of aliphatic hydroxyl groups is 1. The van der Waals surface area contributed by atoms with Crippen molar-refractivity contribution in [1.29, 1.82) is 0 Å². The molecule has 0 aliphatic carbocycles. The number of carbonyl (C=O) groups is 1. The predicted octanol–water partition coefficient (Wildman–Crippen LogP) is 9.07. The van der Waals surface area contributed by atoms with Crippen molar-refractivity contribution in [2.24, 2.45) is 5.92 Å². The van der Waals surface area contributed by atoms with E-state index >= 15 is 0 Å². The number of rotatable bonds is 11. The number of fused-ring (bicyclic) bond motifs is 2. The third-order valence-corrected chi connectivity index (χ3v) is 11.1. The van der Waals surface area contributed by atoms with Gasteiger partial charge in [-0.1, -0.05) is 24.3 Å². The molecule has 0 amide bonds. The molecule has 298 valence electrons. The van der Waals surface area contributed by atoms with Crippen LogP contribution >= 0.6 is 0 Å².